The molecule has 1 unspecified atom stereocenters. The van der Waals surface area contributed by atoms with Crippen LogP contribution < -0.4 is 0 Å². The van der Waals surface area contributed by atoms with Gasteiger partial charge < -0.3 is 0 Å². The second-order valence-electron chi connectivity index (χ2n) is 4.23. The highest BCUT2D eigenvalue weighted by Gasteiger charge is 2.07. The molecular formula is C14H22. The van der Waals surface area contributed by atoms with Crippen molar-refractivity contribution < 1.29 is 0 Å². The molecule has 0 heterocycles. The van der Waals surface area contributed by atoms with Crippen molar-refractivity contribution in [2.45, 2.75) is 52.9 Å². The predicted molar refractivity (Wildman–Crippen MR) is 63.9 cm³/mol. The molecule has 0 radical (unpaired) electrons. The lowest BCUT2D eigenvalue weighted by Crippen LogP contribution is -1.97. The summed E-state index contributed by atoms with van der Waals surface area (Å²) in [5.41, 5.74) is 4.46. The minimum absolute atomic E-state index is 0.714. The van der Waals surface area contributed by atoms with Crippen molar-refractivity contribution in [1.82, 2.24) is 0 Å². The van der Waals surface area contributed by atoms with Gasteiger partial charge in [-0.2, -0.15) is 0 Å². The largest absolute Gasteiger partial charge is 0.0654 e. The summed E-state index contributed by atoms with van der Waals surface area (Å²) < 4.78 is 0. The number of hydrogen-bond donors (Lipinski definition) is 0. The van der Waals surface area contributed by atoms with Gasteiger partial charge in [-0.3, -0.25) is 0 Å². The fourth-order valence-electron chi connectivity index (χ4n) is 2.03. The van der Waals surface area contributed by atoms with Crippen LogP contribution in [0.15, 0.2) is 18.2 Å². The van der Waals surface area contributed by atoms with Gasteiger partial charge in [0, 0.05) is 0 Å². The van der Waals surface area contributed by atoms with Gasteiger partial charge in [-0.25, -0.2) is 0 Å². The van der Waals surface area contributed by atoms with Crippen LogP contribution in [0.25, 0.3) is 0 Å². The Morgan fingerprint density at radius 1 is 1.21 bits per heavy atom. The monoisotopic (exact) mass is 190 g/mol. The van der Waals surface area contributed by atoms with Gasteiger partial charge in [0.1, 0.15) is 0 Å². The maximum absolute atomic E-state index is 2.38. The Balaban J connectivity index is 2.93. The summed E-state index contributed by atoms with van der Waals surface area (Å²) in [5, 5.41) is 0. The molecule has 1 aromatic carbocycles. The van der Waals surface area contributed by atoms with E-state index in [2.05, 4.69) is 45.9 Å². The van der Waals surface area contributed by atoms with Crippen molar-refractivity contribution in [2.24, 2.45) is 0 Å². The van der Waals surface area contributed by atoms with Crippen LogP contribution in [0.2, 0.25) is 0 Å². The van der Waals surface area contributed by atoms with Gasteiger partial charge in [0.25, 0.3) is 0 Å². The summed E-state index contributed by atoms with van der Waals surface area (Å²) in [6, 6.07) is 6.90. The Labute approximate surface area is 88.4 Å². The molecule has 0 spiro atoms. The van der Waals surface area contributed by atoms with E-state index in [1.807, 2.05) is 0 Å². The van der Waals surface area contributed by atoms with E-state index in [9.17, 15) is 0 Å². The first kappa shape index (κ1) is 11.3. The first-order valence-corrected chi connectivity index (χ1v) is 5.78. The Bertz CT molecular complexity index is 286. The number of benzene rings is 1. The highest BCUT2D eigenvalue weighted by molar-refractivity contribution is 5.33. The van der Waals surface area contributed by atoms with E-state index in [0.717, 1.165) is 6.42 Å². The summed E-state index contributed by atoms with van der Waals surface area (Å²) in [5.74, 6) is 0.714. The predicted octanol–water partition coefficient (Wildman–Crippen LogP) is 4.46. The SMILES string of the molecule is CCCC(C)c1cc(CC)ccc1C. The first-order chi connectivity index (χ1) is 6.69. The van der Waals surface area contributed by atoms with Crippen LogP contribution in [0.4, 0.5) is 0 Å². The summed E-state index contributed by atoms with van der Waals surface area (Å²) in [6.07, 6.45) is 3.72. The van der Waals surface area contributed by atoms with Gasteiger partial charge >= 0.3 is 0 Å². The lowest BCUT2D eigenvalue weighted by atomic mass is 9.91. The molecule has 0 saturated carbocycles. The molecule has 0 N–H and O–H groups in total. The smallest absolute Gasteiger partial charge is 0.0188 e. The van der Waals surface area contributed by atoms with Crippen LogP contribution in [0.5, 0.6) is 0 Å². The van der Waals surface area contributed by atoms with Crippen LogP contribution in [0.3, 0.4) is 0 Å². The Morgan fingerprint density at radius 2 is 1.93 bits per heavy atom. The van der Waals surface area contributed by atoms with E-state index in [1.165, 1.54) is 24.0 Å². The van der Waals surface area contributed by atoms with E-state index in [-0.39, 0.29) is 0 Å². The zero-order valence-corrected chi connectivity index (χ0v) is 9.93. The minimum Gasteiger partial charge on any atom is -0.0654 e. The fourth-order valence-corrected chi connectivity index (χ4v) is 2.03. The lowest BCUT2D eigenvalue weighted by molar-refractivity contribution is 0.660. The molecule has 1 rings (SSSR count). The third-order valence-corrected chi connectivity index (χ3v) is 3.00. The normalized spacial score (nSPS) is 12.9. The highest BCUT2D eigenvalue weighted by atomic mass is 14.1. The Kier molecular flexibility index (Phi) is 4.19. The molecule has 0 nitrogen and oxygen atoms in total. The highest BCUT2D eigenvalue weighted by Crippen LogP contribution is 2.24. The van der Waals surface area contributed by atoms with Gasteiger partial charge in [-0.15, -0.1) is 0 Å². The van der Waals surface area contributed by atoms with Crippen LogP contribution >= 0.6 is 0 Å². The van der Waals surface area contributed by atoms with E-state index in [0.29, 0.717) is 5.92 Å². The standard InChI is InChI=1S/C14H22/c1-5-7-11(3)14-10-13(6-2)9-8-12(14)4/h8-11H,5-7H2,1-4H3. The van der Waals surface area contributed by atoms with Gasteiger partial charge in [0.15, 0.2) is 0 Å². The van der Waals surface area contributed by atoms with Crippen molar-refractivity contribution in [3.63, 3.8) is 0 Å². The summed E-state index contributed by atoms with van der Waals surface area (Å²) >= 11 is 0. The van der Waals surface area contributed by atoms with Crippen molar-refractivity contribution in [3.8, 4) is 0 Å². The molecule has 0 heteroatoms. The summed E-state index contributed by atoms with van der Waals surface area (Å²) in [4.78, 5) is 0. The van der Waals surface area contributed by atoms with Crippen molar-refractivity contribution in [3.05, 3.63) is 34.9 Å². The van der Waals surface area contributed by atoms with Gasteiger partial charge in [-0.05, 0) is 42.4 Å². The van der Waals surface area contributed by atoms with Crippen LogP contribution in [-0.2, 0) is 6.42 Å². The quantitative estimate of drug-likeness (QED) is 0.657. The van der Waals surface area contributed by atoms with Crippen molar-refractivity contribution in [1.29, 1.82) is 0 Å². The number of hydrogen-bond acceptors (Lipinski definition) is 0. The van der Waals surface area contributed by atoms with Crippen LogP contribution in [0.1, 0.15) is 56.2 Å². The fraction of sp³-hybridized carbons (Fsp3) is 0.571. The lowest BCUT2D eigenvalue weighted by Gasteiger charge is -2.15. The first-order valence-electron chi connectivity index (χ1n) is 5.78. The van der Waals surface area contributed by atoms with Crippen LogP contribution in [0, 0.1) is 6.92 Å². The molecule has 1 aromatic rings. The zero-order chi connectivity index (χ0) is 10.6. The Morgan fingerprint density at radius 3 is 2.50 bits per heavy atom. The molecule has 0 fully saturated rings. The van der Waals surface area contributed by atoms with E-state index >= 15 is 0 Å². The molecule has 0 bridgehead atoms. The minimum atomic E-state index is 0.714. The molecule has 1 atom stereocenters. The summed E-state index contributed by atoms with van der Waals surface area (Å²) in [6.45, 7) is 9.04. The molecule has 0 aliphatic rings. The second-order valence-corrected chi connectivity index (χ2v) is 4.23. The van der Waals surface area contributed by atoms with Crippen molar-refractivity contribution >= 4 is 0 Å². The third kappa shape index (κ3) is 2.60. The van der Waals surface area contributed by atoms with Gasteiger partial charge in [-0.1, -0.05) is 45.4 Å². The second kappa shape index (κ2) is 5.19. The molecule has 78 valence electrons. The molecule has 0 amide bonds. The van der Waals surface area contributed by atoms with E-state index in [4.69, 9.17) is 0 Å². The van der Waals surface area contributed by atoms with Crippen LogP contribution in [-0.4, -0.2) is 0 Å². The average molecular weight is 190 g/mol. The molecular weight excluding hydrogens is 168 g/mol. The van der Waals surface area contributed by atoms with E-state index in [1.54, 1.807) is 5.56 Å². The van der Waals surface area contributed by atoms with Crippen molar-refractivity contribution in [2.75, 3.05) is 0 Å². The van der Waals surface area contributed by atoms with Gasteiger partial charge in [0.05, 0.1) is 0 Å². The maximum atomic E-state index is 2.38. The maximum Gasteiger partial charge on any atom is -0.0188 e. The summed E-state index contributed by atoms with van der Waals surface area (Å²) in [7, 11) is 0. The molecule has 0 aliphatic heterocycles. The average Bonchev–Trinajstić information content (AvgIpc) is 2.19. The van der Waals surface area contributed by atoms with Gasteiger partial charge in [0.2, 0.25) is 0 Å². The molecule has 0 aromatic heterocycles. The molecule has 14 heavy (non-hydrogen) atoms. The topological polar surface area (TPSA) is 0 Å². The Hall–Kier alpha value is -0.780. The third-order valence-electron chi connectivity index (χ3n) is 3.00. The van der Waals surface area contributed by atoms with E-state index < -0.39 is 0 Å². The molecule has 0 saturated heterocycles. The number of rotatable bonds is 4. The zero-order valence-electron chi connectivity index (χ0n) is 9.93. The molecule has 0 aliphatic carbocycles. The number of aryl methyl sites for hydroxylation is 2.